The highest BCUT2D eigenvalue weighted by atomic mass is 32.2. The Morgan fingerprint density at radius 3 is 2.50 bits per heavy atom. The fourth-order valence-corrected chi connectivity index (χ4v) is 3.07. The van der Waals surface area contributed by atoms with Crippen molar-refractivity contribution in [1.29, 1.82) is 0 Å². The maximum absolute atomic E-state index is 14.2. The minimum atomic E-state index is -4.24. The summed E-state index contributed by atoms with van der Waals surface area (Å²) in [6.45, 7) is 1.67. The predicted molar refractivity (Wildman–Crippen MR) is 87.8 cm³/mol. The zero-order chi connectivity index (χ0) is 19.1. The van der Waals surface area contributed by atoms with E-state index in [0.717, 1.165) is 18.2 Å². The predicted octanol–water partition coefficient (Wildman–Crippen LogP) is 2.97. The minimum Gasteiger partial charge on any atom is -0.259 e. The van der Waals surface area contributed by atoms with Gasteiger partial charge < -0.3 is 0 Å². The average Bonchev–Trinajstić information content (AvgIpc) is 2.99. The molecular formula is C16H13F3N4O2S. The summed E-state index contributed by atoms with van der Waals surface area (Å²) < 4.78 is 64.3. The van der Waals surface area contributed by atoms with Crippen LogP contribution in [0.1, 0.15) is 17.8 Å². The smallest absolute Gasteiger partial charge is 0.259 e. The van der Waals surface area contributed by atoms with Crippen LogP contribution < -0.4 is 5.14 Å². The first kappa shape index (κ1) is 18.1. The first-order chi connectivity index (χ1) is 12.2. The molecule has 0 spiro atoms. The quantitative estimate of drug-likeness (QED) is 0.751. The first-order valence-corrected chi connectivity index (χ1v) is 8.86. The lowest BCUT2D eigenvalue weighted by Crippen LogP contribution is -2.14. The third-order valence-electron chi connectivity index (χ3n) is 3.69. The van der Waals surface area contributed by atoms with E-state index < -0.39 is 32.9 Å². The molecule has 3 rings (SSSR count). The average molecular weight is 382 g/mol. The van der Waals surface area contributed by atoms with Crippen molar-refractivity contribution in [2.45, 2.75) is 18.2 Å². The van der Waals surface area contributed by atoms with Crippen LogP contribution in [-0.2, 0) is 10.0 Å². The number of benzene rings is 1. The molecule has 0 saturated heterocycles. The summed E-state index contributed by atoms with van der Waals surface area (Å²) in [5.74, 6) is -1.08. The second-order valence-corrected chi connectivity index (χ2v) is 6.99. The third kappa shape index (κ3) is 3.33. The van der Waals surface area contributed by atoms with E-state index in [1.165, 1.54) is 16.9 Å². The largest absolute Gasteiger partial charge is 0.282 e. The first-order valence-electron chi connectivity index (χ1n) is 7.31. The van der Waals surface area contributed by atoms with Gasteiger partial charge >= 0.3 is 0 Å². The second kappa shape index (κ2) is 6.54. The summed E-state index contributed by atoms with van der Waals surface area (Å²) in [7, 11) is -4.24. The Hall–Kier alpha value is -2.72. The van der Waals surface area contributed by atoms with Crippen LogP contribution in [0.2, 0.25) is 0 Å². The molecule has 3 aromatic rings. The van der Waals surface area contributed by atoms with Gasteiger partial charge in [-0.2, -0.15) is 5.10 Å². The molecule has 0 saturated carbocycles. The van der Waals surface area contributed by atoms with Crippen molar-refractivity contribution in [3.63, 3.8) is 0 Å². The summed E-state index contributed by atoms with van der Waals surface area (Å²) in [6.07, 6.45) is -1.29. The number of nitrogens with two attached hydrogens (primary N) is 1. The fourth-order valence-electron chi connectivity index (χ4n) is 2.49. The SMILES string of the molecule is Cc1ncccc1-n1nc(C(F)F)cc1-c1ccc(S(N)(=O)=O)c(F)c1. The Bertz CT molecular complexity index is 1080. The Morgan fingerprint density at radius 1 is 1.19 bits per heavy atom. The number of sulfonamides is 1. The van der Waals surface area contributed by atoms with Crippen molar-refractivity contribution in [3.8, 4) is 16.9 Å². The Morgan fingerprint density at radius 2 is 1.92 bits per heavy atom. The standard InChI is InChI=1S/C16H13F3N4O2S/c1-9-13(3-2-6-21-9)23-14(8-12(22-23)16(18)19)10-4-5-15(11(17)7-10)26(20,24)25/h2-8,16H,1H3,(H2,20,24,25). The van der Waals surface area contributed by atoms with Crippen LogP contribution in [0.25, 0.3) is 16.9 Å². The topological polar surface area (TPSA) is 90.9 Å². The van der Waals surface area contributed by atoms with Crippen LogP contribution in [0.15, 0.2) is 47.5 Å². The van der Waals surface area contributed by atoms with Gasteiger partial charge in [-0.05, 0) is 37.3 Å². The van der Waals surface area contributed by atoms with Gasteiger partial charge in [0.1, 0.15) is 16.4 Å². The van der Waals surface area contributed by atoms with E-state index in [1.54, 1.807) is 19.1 Å². The third-order valence-corrected chi connectivity index (χ3v) is 4.64. The highest BCUT2D eigenvalue weighted by molar-refractivity contribution is 7.89. The lowest BCUT2D eigenvalue weighted by molar-refractivity contribution is 0.145. The zero-order valence-corrected chi connectivity index (χ0v) is 14.2. The molecular weight excluding hydrogens is 369 g/mol. The van der Waals surface area contributed by atoms with Crippen LogP contribution >= 0.6 is 0 Å². The maximum atomic E-state index is 14.2. The molecule has 0 unspecified atom stereocenters. The molecule has 0 amide bonds. The number of hydrogen-bond donors (Lipinski definition) is 1. The summed E-state index contributed by atoms with van der Waals surface area (Å²) in [6, 6.07) is 7.52. The van der Waals surface area contributed by atoms with Crippen molar-refractivity contribution in [3.05, 3.63) is 59.8 Å². The number of nitrogens with zero attached hydrogens (tertiary/aromatic N) is 3. The fraction of sp³-hybridized carbons (Fsp3) is 0.125. The van der Waals surface area contributed by atoms with Gasteiger partial charge in [0.2, 0.25) is 10.0 Å². The molecule has 2 heterocycles. The van der Waals surface area contributed by atoms with Gasteiger partial charge in [0, 0.05) is 11.8 Å². The number of aryl methyl sites for hydroxylation is 1. The highest BCUT2D eigenvalue weighted by Gasteiger charge is 2.21. The lowest BCUT2D eigenvalue weighted by atomic mass is 10.1. The summed E-state index contributed by atoms with van der Waals surface area (Å²) in [5, 5.41) is 8.82. The number of primary sulfonamides is 1. The number of pyridine rings is 1. The monoisotopic (exact) mass is 382 g/mol. The van der Waals surface area contributed by atoms with Crippen molar-refractivity contribution in [1.82, 2.24) is 14.8 Å². The van der Waals surface area contributed by atoms with Gasteiger partial charge in [0.15, 0.2) is 0 Å². The Labute approximate surface area is 147 Å². The van der Waals surface area contributed by atoms with E-state index in [2.05, 4.69) is 10.1 Å². The van der Waals surface area contributed by atoms with Gasteiger partial charge in [-0.15, -0.1) is 0 Å². The highest BCUT2D eigenvalue weighted by Crippen LogP contribution is 2.30. The molecule has 0 bridgehead atoms. The molecule has 6 nitrogen and oxygen atoms in total. The van der Waals surface area contributed by atoms with Gasteiger partial charge in [-0.25, -0.2) is 31.4 Å². The van der Waals surface area contributed by atoms with Crippen LogP contribution in [0.5, 0.6) is 0 Å². The molecule has 136 valence electrons. The lowest BCUT2D eigenvalue weighted by Gasteiger charge is -2.10. The molecule has 0 radical (unpaired) electrons. The van der Waals surface area contributed by atoms with E-state index in [9.17, 15) is 21.6 Å². The van der Waals surface area contributed by atoms with Crippen LogP contribution in [-0.4, -0.2) is 23.2 Å². The van der Waals surface area contributed by atoms with Crippen LogP contribution in [0.3, 0.4) is 0 Å². The summed E-state index contributed by atoms with van der Waals surface area (Å²) in [4.78, 5) is 3.41. The molecule has 26 heavy (non-hydrogen) atoms. The Balaban J connectivity index is 2.22. The number of hydrogen-bond acceptors (Lipinski definition) is 4. The molecule has 0 aliphatic heterocycles. The normalized spacial score (nSPS) is 11.9. The van der Waals surface area contributed by atoms with Gasteiger partial charge in [0.05, 0.1) is 17.1 Å². The Kier molecular flexibility index (Phi) is 4.55. The molecule has 1 aromatic carbocycles. The molecule has 0 aliphatic carbocycles. The van der Waals surface area contributed by atoms with Crippen LogP contribution in [0.4, 0.5) is 13.2 Å². The molecule has 10 heteroatoms. The molecule has 0 aliphatic rings. The summed E-state index contributed by atoms with van der Waals surface area (Å²) >= 11 is 0. The molecule has 0 fully saturated rings. The van der Waals surface area contributed by atoms with Gasteiger partial charge in [-0.1, -0.05) is 6.07 Å². The number of halogens is 3. The molecule has 2 N–H and O–H groups in total. The van der Waals surface area contributed by atoms with E-state index in [-0.39, 0.29) is 11.3 Å². The number of alkyl halides is 2. The van der Waals surface area contributed by atoms with Gasteiger partial charge in [-0.3, -0.25) is 4.98 Å². The molecule has 2 aromatic heterocycles. The van der Waals surface area contributed by atoms with E-state index in [0.29, 0.717) is 11.4 Å². The number of rotatable bonds is 4. The van der Waals surface area contributed by atoms with Crippen molar-refractivity contribution in [2.75, 3.05) is 0 Å². The molecule has 0 atom stereocenters. The van der Waals surface area contributed by atoms with Crippen molar-refractivity contribution in [2.24, 2.45) is 5.14 Å². The minimum absolute atomic E-state index is 0.163. The van der Waals surface area contributed by atoms with Gasteiger partial charge in [0.25, 0.3) is 6.43 Å². The van der Waals surface area contributed by atoms with E-state index in [4.69, 9.17) is 5.14 Å². The van der Waals surface area contributed by atoms with Crippen molar-refractivity contribution < 1.29 is 21.6 Å². The summed E-state index contributed by atoms with van der Waals surface area (Å²) in [5.41, 5.74) is 0.789. The van der Waals surface area contributed by atoms with Crippen molar-refractivity contribution >= 4 is 10.0 Å². The van der Waals surface area contributed by atoms with E-state index in [1.807, 2.05) is 0 Å². The number of aromatic nitrogens is 3. The second-order valence-electron chi connectivity index (χ2n) is 5.47. The zero-order valence-electron chi connectivity index (χ0n) is 13.4. The maximum Gasteiger partial charge on any atom is 0.282 e. The van der Waals surface area contributed by atoms with Crippen LogP contribution in [0, 0.1) is 12.7 Å². The van der Waals surface area contributed by atoms with E-state index >= 15 is 0 Å².